The Labute approximate surface area is 127 Å². The summed E-state index contributed by atoms with van der Waals surface area (Å²) in [6.07, 6.45) is 0. The molecule has 2 aromatic carbocycles. The normalized spacial score (nSPS) is 10.6. The second-order valence-corrected chi connectivity index (χ2v) is 4.99. The SMILES string of the molecule is COC(=O)c1c(-c2ccccc2)n(C)c2ccccc2c1=O. The molecule has 0 aliphatic rings. The van der Waals surface area contributed by atoms with E-state index in [-0.39, 0.29) is 11.0 Å². The van der Waals surface area contributed by atoms with Crippen molar-refractivity contribution in [3.05, 3.63) is 70.4 Å². The predicted molar refractivity (Wildman–Crippen MR) is 86.0 cm³/mol. The predicted octanol–water partition coefficient (Wildman–Crippen LogP) is 2.99. The van der Waals surface area contributed by atoms with E-state index in [4.69, 9.17) is 4.74 Å². The van der Waals surface area contributed by atoms with Crippen molar-refractivity contribution in [2.24, 2.45) is 7.05 Å². The molecular formula is C18H15NO3. The zero-order valence-corrected chi connectivity index (χ0v) is 12.4. The smallest absolute Gasteiger partial charge is 0.344 e. The molecule has 0 saturated heterocycles. The minimum absolute atomic E-state index is 0.0647. The number of hydrogen-bond donors (Lipinski definition) is 0. The van der Waals surface area contributed by atoms with Crippen LogP contribution in [-0.2, 0) is 11.8 Å². The molecule has 0 spiro atoms. The van der Waals surface area contributed by atoms with Crippen LogP contribution in [0.1, 0.15) is 10.4 Å². The summed E-state index contributed by atoms with van der Waals surface area (Å²) in [5, 5.41) is 0.505. The van der Waals surface area contributed by atoms with Crippen LogP contribution in [0, 0.1) is 0 Å². The molecule has 0 N–H and O–H groups in total. The van der Waals surface area contributed by atoms with E-state index in [1.54, 1.807) is 12.1 Å². The third kappa shape index (κ3) is 2.09. The maximum absolute atomic E-state index is 12.8. The molecule has 4 nitrogen and oxygen atoms in total. The van der Waals surface area contributed by atoms with Gasteiger partial charge in [0.2, 0.25) is 5.43 Å². The number of rotatable bonds is 2. The van der Waals surface area contributed by atoms with Gasteiger partial charge in [0, 0.05) is 12.4 Å². The molecule has 0 radical (unpaired) electrons. The van der Waals surface area contributed by atoms with E-state index < -0.39 is 5.97 Å². The van der Waals surface area contributed by atoms with Crippen molar-refractivity contribution in [1.82, 2.24) is 4.57 Å². The number of hydrogen-bond acceptors (Lipinski definition) is 3. The molecule has 0 aliphatic carbocycles. The quantitative estimate of drug-likeness (QED) is 0.682. The summed E-state index contributed by atoms with van der Waals surface area (Å²) in [7, 11) is 3.13. The summed E-state index contributed by atoms with van der Waals surface area (Å²) < 4.78 is 6.69. The Balaban J connectivity index is 2.51. The van der Waals surface area contributed by atoms with Crippen LogP contribution in [0.5, 0.6) is 0 Å². The number of aromatic nitrogens is 1. The zero-order valence-electron chi connectivity index (χ0n) is 12.4. The highest BCUT2D eigenvalue weighted by Gasteiger charge is 2.22. The Kier molecular flexibility index (Phi) is 3.51. The van der Waals surface area contributed by atoms with Crippen LogP contribution >= 0.6 is 0 Å². The molecular weight excluding hydrogens is 278 g/mol. The minimum Gasteiger partial charge on any atom is -0.465 e. The van der Waals surface area contributed by atoms with Gasteiger partial charge in [0.1, 0.15) is 5.56 Å². The lowest BCUT2D eigenvalue weighted by molar-refractivity contribution is 0.0599. The van der Waals surface area contributed by atoms with Gasteiger partial charge in [-0.25, -0.2) is 4.79 Å². The molecule has 1 aromatic heterocycles. The number of benzene rings is 2. The maximum atomic E-state index is 12.8. The van der Waals surface area contributed by atoms with Gasteiger partial charge in [-0.15, -0.1) is 0 Å². The van der Waals surface area contributed by atoms with Gasteiger partial charge in [-0.3, -0.25) is 4.79 Å². The highest BCUT2D eigenvalue weighted by molar-refractivity contribution is 6.00. The van der Waals surface area contributed by atoms with Crippen LogP contribution in [0.3, 0.4) is 0 Å². The van der Waals surface area contributed by atoms with Gasteiger partial charge < -0.3 is 9.30 Å². The topological polar surface area (TPSA) is 48.3 Å². The monoisotopic (exact) mass is 293 g/mol. The van der Waals surface area contributed by atoms with Gasteiger partial charge in [-0.1, -0.05) is 42.5 Å². The van der Waals surface area contributed by atoms with Gasteiger partial charge in [0.05, 0.1) is 18.3 Å². The lowest BCUT2D eigenvalue weighted by Crippen LogP contribution is -2.22. The molecule has 1 heterocycles. The van der Waals surface area contributed by atoms with Crippen molar-refractivity contribution in [1.29, 1.82) is 0 Å². The lowest BCUT2D eigenvalue weighted by Gasteiger charge is -2.16. The molecule has 0 atom stereocenters. The van der Waals surface area contributed by atoms with Crippen LogP contribution in [0.2, 0.25) is 0 Å². The van der Waals surface area contributed by atoms with E-state index in [9.17, 15) is 9.59 Å². The molecule has 4 heteroatoms. The largest absolute Gasteiger partial charge is 0.465 e. The first-order valence-electron chi connectivity index (χ1n) is 6.90. The number of para-hydroxylation sites is 1. The Bertz CT molecular complexity index is 911. The molecule has 110 valence electrons. The highest BCUT2D eigenvalue weighted by atomic mass is 16.5. The summed E-state index contributed by atoms with van der Waals surface area (Å²) in [6.45, 7) is 0. The number of esters is 1. The molecule has 0 saturated carbocycles. The maximum Gasteiger partial charge on any atom is 0.344 e. The van der Waals surface area contributed by atoms with Gasteiger partial charge in [0.15, 0.2) is 0 Å². The van der Waals surface area contributed by atoms with Gasteiger partial charge in [-0.2, -0.15) is 0 Å². The molecule has 0 aliphatic heterocycles. The molecule has 3 aromatic rings. The third-order valence-corrected chi connectivity index (χ3v) is 3.75. The summed E-state index contributed by atoms with van der Waals surface area (Å²) in [6, 6.07) is 16.6. The highest BCUT2D eigenvalue weighted by Crippen LogP contribution is 2.25. The standard InChI is InChI=1S/C18H15NO3/c1-19-14-11-7-6-10-13(14)17(20)15(18(21)22-2)16(19)12-8-4-3-5-9-12/h3-11H,1-2H3. The van der Waals surface area contributed by atoms with E-state index in [2.05, 4.69) is 0 Å². The van der Waals surface area contributed by atoms with Crippen LogP contribution in [0.15, 0.2) is 59.4 Å². The molecule has 3 rings (SSSR count). The van der Waals surface area contributed by atoms with Crippen molar-refractivity contribution in [3.63, 3.8) is 0 Å². The fourth-order valence-corrected chi connectivity index (χ4v) is 2.71. The van der Waals surface area contributed by atoms with Crippen molar-refractivity contribution in [2.45, 2.75) is 0 Å². The number of pyridine rings is 1. The zero-order chi connectivity index (χ0) is 15.7. The average molecular weight is 293 g/mol. The van der Waals surface area contributed by atoms with E-state index in [0.29, 0.717) is 11.1 Å². The minimum atomic E-state index is -0.620. The van der Waals surface area contributed by atoms with Gasteiger partial charge in [0.25, 0.3) is 0 Å². The summed E-state index contributed by atoms with van der Waals surface area (Å²) in [4.78, 5) is 24.9. The first kappa shape index (κ1) is 14.1. The second kappa shape index (κ2) is 5.48. The number of nitrogens with zero attached hydrogens (tertiary/aromatic N) is 1. The molecule has 0 unspecified atom stereocenters. The summed E-state index contributed by atoms with van der Waals surface area (Å²) in [5.74, 6) is -0.620. The Morgan fingerprint density at radius 1 is 1.00 bits per heavy atom. The van der Waals surface area contributed by atoms with Gasteiger partial charge in [-0.05, 0) is 17.7 Å². The van der Waals surface area contributed by atoms with E-state index in [1.165, 1.54) is 7.11 Å². The lowest BCUT2D eigenvalue weighted by atomic mass is 10.0. The van der Waals surface area contributed by atoms with Crippen LogP contribution in [0.25, 0.3) is 22.2 Å². The van der Waals surface area contributed by atoms with Gasteiger partial charge >= 0.3 is 5.97 Å². The molecule has 0 bridgehead atoms. The molecule has 0 amide bonds. The number of methoxy groups -OCH3 is 1. The van der Waals surface area contributed by atoms with E-state index in [0.717, 1.165) is 11.1 Å². The van der Waals surface area contributed by atoms with E-state index in [1.807, 2.05) is 54.1 Å². The van der Waals surface area contributed by atoms with Crippen molar-refractivity contribution >= 4 is 16.9 Å². The van der Waals surface area contributed by atoms with Crippen LogP contribution in [0.4, 0.5) is 0 Å². The van der Waals surface area contributed by atoms with E-state index >= 15 is 0 Å². The fourth-order valence-electron chi connectivity index (χ4n) is 2.71. The number of aryl methyl sites for hydroxylation is 1. The third-order valence-electron chi connectivity index (χ3n) is 3.75. The number of ether oxygens (including phenoxy) is 1. The summed E-state index contributed by atoms with van der Waals surface area (Å²) in [5.41, 5.74) is 1.90. The van der Waals surface area contributed by atoms with Crippen molar-refractivity contribution in [3.8, 4) is 11.3 Å². The van der Waals surface area contributed by atoms with Crippen LogP contribution in [-0.4, -0.2) is 17.6 Å². The van der Waals surface area contributed by atoms with Crippen LogP contribution < -0.4 is 5.43 Å². The number of fused-ring (bicyclic) bond motifs is 1. The number of carbonyl (C=O) groups is 1. The average Bonchev–Trinajstić information content (AvgIpc) is 2.58. The fraction of sp³-hybridized carbons (Fsp3) is 0.111. The Morgan fingerprint density at radius 3 is 2.32 bits per heavy atom. The van der Waals surface area contributed by atoms with Crippen molar-refractivity contribution in [2.75, 3.05) is 7.11 Å². The second-order valence-electron chi connectivity index (χ2n) is 4.99. The molecule has 22 heavy (non-hydrogen) atoms. The van der Waals surface area contributed by atoms with Crippen molar-refractivity contribution < 1.29 is 9.53 Å². The number of carbonyl (C=O) groups excluding carboxylic acids is 1. The first-order chi connectivity index (χ1) is 10.6. The first-order valence-corrected chi connectivity index (χ1v) is 6.90. The Hall–Kier alpha value is -2.88. The molecule has 0 fully saturated rings. The Morgan fingerprint density at radius 2 is 1.64 bits per heavy atom. The summed E-state index contributed by atoms with van der Waals surface area (Å²) >= 11 is 0.